The van der Waals surface area contributed by atoms with Gasteiger partial charge in [0.05, 0.1) is 0 Å². The average Bonchev–Trinajstić information content (AvgIpc) is 2.26. The monoisotopic (exact) mass is 222 g/mol. The van der Waals surface area contributed by atoms with Crippen molar-refractivity contribution in [3.05, 3.63) is 47.8 Å². The molecule has 1 aromatic carbocycles. The Bertz CT molecular complexity index is 350. The number of hydrogen-bond donors (Lipinski definition) is 2. The van der Waals surface area contributed by atoms with E-state index in [2.05, 4.69) is 12.0 Å². The standard InChI is InChI=1S/C13H19FN2/c1-3-4-5-6-13(16-15)11-8-7-10(2)9-12(11)14/h3,7-9,13,16H,1,4-6,15H2,2H3. The van der Waals surface area contributed by atoms with Crippen LogP contribution in [-0.2, 0) is 0 Å². The van der Waals surface area contributed by atoms with Crippen LogP contribution in [0, 0.1) is 12.7 Å². The smallest absolute Gasteiger partial charge is 0.128 e. The van der Waals surface area contributed by atoms with Gasteiger partial charge in [0.15, 0.2) is 0 Å². The second-order valence-electron chi connectivity index (χ2n) is 3.96. The molecule has 16 heavy (non-hydrogen) atoms. The van der Waals surface area contributed by atoms with Crippen LogP contribution in [0.2, 0.25) is 0 Å². The molecule has 0 heterocycles. The maximum absolute atomic E-state index is 13.7. The molecule has 3 heteroatoms. The highest BCUT2D eigenvalue weighted by molar-refractivity contribution is 5.26. The van der Waals surface area contributed by atoms with E-state index in [-0.39, 0.29) is 11.9 Å². The molecule has 0 spiro atoms. The Morgan fingerprint density at radius 3 is 2.88 bits per heavy atom. The summed E-state index contributed by atoms with van der Waals surface area (Å²) in [6, 6.07) is 5.10. The molecular formula is C13H19FN2. The first kappa shape index (κ1) is 12.9. The molecule has 0 fully saturated rings. The van der Waals surface area contributed by atoms with E-state index >= 15 is 0 Å². The number of allylic oxidation sites excluding steroid dienone is 1. The minimum Gasteiger partial charge on any atom is -0.271 e. The number of benzene rings is 1. The molecule has 1 atom stereocenters. The van der Waals surface area contributed by atoms with Crippen LogP contribution < -0.4 is 11.3 Å². The van der Waals surface area contributed by atoms with E-state index in [0.717, 1.165) is 24.8 Å². The van der Waals surface area contributed by atoms with Gasteiger partial charge in [-0.3, -0.25) is 11.3 Å². The highest BCUT2D eigenvalue weighted by Crippen LogP contribution is 2.22. The van der Waals surface area contributed by atoms with Crippen molar-refractivity contribution in [3.63, 3.8) is 0 Å². The van der Waals surface area contributed by atoms with Crippen LogP contribution in [0.25, 0.3) is 0 Å². The average molecular weight is 222 g/mol. The van der Waals surface area contributed by atoms with Gasteiger partial charge < -0.3 is 0 Å². The van der Waals surface area contributed by atoms with Gasteiger partial charge in [-0.25, -0.2) is 4.39 Å². The summed E-state index contributed by atoms with van der Waals surface area (Å²) in [5, 5.41) is 0. The fraction of sp³-hybridized carbons (Fsp3) is 0.385. The zero-order valence-corrected chi connectivity index (χ0v) is 9.67. The van der Waals surface area contributed by atoms with E-state index in [1.54, 1.807) is 6.07 Å². The molecule has 0 bridgehead atoms. The molecule has 0 radical (unpaired) electrons. The Morgan fingerprint density at radius 1 is 1.56 bits per heavy atom. The lowest BCUT2D eigenvalue weighted by Gasteiger charge is -2.16. The van der Waals surface area contributed by atoms with Gasteiger partial charge in [0.2, 0.25) is 0 Å². The predicted molar refractivity (Wildman–Crippen MR) is 65.2 cm³/mol. The molecule has 0 saturated carbocycles. The van der Waals surface area contributed by atoms with Crippen molar-refractivity contribution in [1.82, 2.24) is 5.43 Å². The molecule has 0 aliphatic rings. The number of aryl methyl sites for hydroxylation is 1. The van der Waals surface area contributed by atoms with Crippen LogP contribution >= 0.6 is 0 Å². The first-order valence-electron chi connectivity index (χ1n) is 5.52. The summed E-state index contributed by atoms with van der Waals surface area (Å²) >= 11 is 0. The lowest BCUT2D eigenvalue weighted by atomic mass is 10.00. The van der Waals surface area contributed by atoms with E-state index in [4.69, 9.17) is 5.84 Å². The van der Waals surface area contributed by atoms with E-state index in [1.807, 2.05) is 19.1 Å². The second kappa shape index (κ2) is 6.40. The maximum atomic E-state index is 13.7. The minimum atomic E-state index is -0.193. The number of nitrogens with one attached hydrogen (secondary N) is 1. The Morgan fingerprint density at radius 2 is 2.31 bits per heavy atom. The van der Waals surface area contributed by atoms with Crippen LogP contribution in [0.1, 0.15) is 36.4 Å². The molecule has 0 aliphatic heterocycles. The van der Waals surface area contributed by atoms with E-state index in [9.17, 15) is 4.39 Å². The molecular weight excluding hydrogens is 203 g/mol. The lowest BCUT2D eigenvalue weighted by molar-refractivity contribution is 0.474. The van der Waals surface area contributed by atoms with Crippen molar-refractivity contribution in [2.45, 2.75) is 32.2 Å². The Balaban J connectivity index is 2.74. The number of rotatable bonds is 6. The fourth-order valence-corrected chi connectivity index (χ4v) is 1.71. The second-order valence-corrected chi connectivity index (χ2v) is 3.96. The van der Waals surface area contributed by atoms with Crippen molar-refractivity contribution in [1.29, 1.82) is 0 Å². The molecule has 1 aromatic rings. The van der Waals surface area contributed by atoms with Gasteiger partial charge in [-0.05, 0) is 37.8 Å². The summed E-state index contributed by atoms with van der Waals surface area (Å²) in [7, 11) is 0. The van der Waals surface area contributed by atoms with Gasteiger partial charge in [-0.2, -0.15) is 0 Å². The zero-order chi connectivity index (χ0) is 12.0. The first-order valence-corrected chi connectivity index (χ1v) is 5.52. The number of nitrogens with two attached hydrogens (primary N) is 1. The van der Waals surface area contributed by atoms with Crippen molar-refractivity contribution in [3.8, 4) is 0 Å². The van der Waals surface area contributed by atoms with E-state index < -0.39 is 0 Å². The fourth-order valence-electron chi connectivity index (χ4n) is 1.71. The number of hydrazine groups is 1. The van der Waals surface area contributed by atoms with E-state index in [1.165, 1.54) is 6.07 Å². The highest BCUT2D eigenvalue weighted by Gasteiger charge is 2.13. The lowest BCUT2D eigenvalue weighted by Crippen LogP contribution is -2.28. The molecule has 0 aliphatic carbocycles. The molecule has 3 N–H and O–H groups in total. The van der Waals surface area contributed by atoms with Gasteiger partial charge >= 0.3 is 0 Å². The zero-order valence-electron chi connectivity index (χ0n) is 9.67. The molecule has 0 saturated heterocycles. The van der Waals surface area contributed by atoms with Crippen LogP contribution in [-0.4, -0.2) is 0 Å². The Kier molecular flexibility index (Phi) is 5.15. The summed E-state index contributed by atoms with van der Waals surface area (Å²) in [6.07, 6.45) is 4.54. The Labute approximate surface area is 96.3 Å². The largest absolute Gasteiger partial charge is 0.271 e. The molecule has 0 amide bonds. The third-order valence-electron chi connectivity index (χ3n) is 2.63. The van der Waals surface area contributed by atoms with Gasteiger partial charge in [-0.1, -0.05) is 18.2 Å². The SMILES string of the molecule is C=CCCCC(NN)c1ccc(C)cc1F. The highest BCUT2D eigenvalue weighted by atomic mass is 19.1. The van der Waals surface area contributed by atoms with Crippen molar-refractivity contribution < 1.29 is 4.39 Å². The molecule has 2 nitrogen and oxygen atoms in total. The first-order chi connectivity index (χ1) is 7.69. The van der Waals surface area contributed by atoms with Gasteiger partial charge in [0, 0.05) is 11.6 Å². The maximum Gasteiger partial charge on any atom is 0.128 e. The number of hydrogen-bond acceptors (Lipinski definition) is 2. The molecule has 0 aromatic heterocycles. The summed E-state index contributed by atoms with van der Waals surface area (Å²) < 4.78 is 13.7. The van der Waals surface area contributed by atoms with Gasteiger partial charge in [0.25, 0.3) is 0 Å². The summed E-state index contributed by atoms with van der Waals surface area (Å²) in [5.74, 6) is 5.26. The van der Waals surface area contributed by atoms with Crippen LogP contribution in [0.5, 0.6) is 0 Å². The van der Waals surface area contributed by atoms with Gasteiger partial charge in [0.1, 0.15) is 5.82 Å². The molecule has 1 rings (SSSR count). The van der Waals surface area contributed by atoms with Crippen molar-refractivity contribution in [2.24, 2.45) is 5.84 Å². The Hall–Kier alpha value is -1.19. The summed E-state index contributed by atoms with van der Waals surface area (Å²) in [5.41, 5.74) is 4.22. The summed E-state index contributed by atoms with van der Waals surface area (Å²) in [6.45, 7) is 5.53. The van der Waals surface area contributed by atoms with Crippen LogP contribution in [0.3, 0.4) is 0 Å². The number of unbranched alkanes of at least 4 members (excludes halogenated alkanes) is 1. The normalized spacial score (nSPS) is 12.4. The molecule has 1 unspecified atom stereocenters. The van der Waals surface area contributed by atoms with Gasteiger partial charge in [-0.15, -0.1) is 6.58 Å². The predicted octanol–water partition coefficient (Wildman–Crippen LogP) is 2.99. The quantitative estimate of drug-likeness (QED) is 0.336. The van der Waals surface area contributed by atoms with Crippen molar-refractivity contribution >= 4 is 0 Å². The topological polar surface area (TPSA) is 38.0 Å². The number of halogens is 1. The van der Waals surface area contributed by atoms with E-state index in [0.29, 0.717) is 5.56 Å². The summed E-state index contributed by atoms with van der Waals surface area (Å²) in [4.78, 5) is 0. The third-order valence-corrected chi connectivity index (χ3v) is 2.63. The minimum absolute atomic E-state index is 0.124. The third kappa shape index (κ3) is 3.43. The van der Waals surface area contributed by atoms with Crippen molar-refractivity contribution in [2.75, 3.05) is 0 Å². The molecule has 88 valence electrons. The van der Waals surface area contributed by atoms with Crippen LogP contribution in [0.15, 0.2) is 30.9 Å². The van der Waals surface area contributed by atoms with Crippen LogP contribution in [0.4, 0.5) is 4.39 Å².